The maximum absolute atomic E-state index is 13.2. The van der Waals surface area contributed by atoms with E-state index in [1.165, 1.54) is 12.1 Å². The summed E-state index contributed by atoms with van der Waals surface area (Å²) in [6.45, 7) is 1.99. The van der Waals surface area contributed by atoms with E-state index >= 15 is 0 Å². The highest BCUT2D eigenvalue weighted by Gasteiger charge is 2.19. The second-order valence-electron chi connectivity index (χ2n) is 5.02. The van der Waals surface area contributed by atoms with E-state index in [1.807, 2.05) is 0 Å². The summed E-state index contributed by atoms with van der Waals surface area (Å²) in [5.41, 5.74) is 2.97. The summed E-state index contributed by atoms with van der Waals surface area (Å²) in [6.07, 6.45) is 4.00. The van der Waals surface area contributed by atoms with Gasteiger partial charge in [-0.05, 0) is 36.8 Å². The number of nitrogens with zero attached hydrogens (tertiary/aromatic N) is 1. The summed E-state index contributed by atoms with van der Waals surface area (Å²) < 4.78 is 20.0. The molecule has 0 N–H and O–H groups in total. The number of aromatic nitrogens is 1. The lowest BCUT2D eigenvalue weighted by Gasteiger charge is -2.05. The standard InChI is InChI=1S/C18H14FNO3/c1-2-23-18(22)15-10-20-9-12(11-21)3-8-16(20)17(15)13-4-6-14(19)7-5-13/h3-11H,2H2,1H3. The van der Waals surface area contributed by atoms with Gasteiger partial charge in [0, 0.05) is 23.5 Å². The first-order valence-electron chi connectivity index (χ1n) is 7.17. The van der Waals surface area contributed by atoms with Crippen molar-refractivity contribution in [3.8, 4) is 11.1 Å². The molecular formula is C18H14FNO3. The van der Waals surface area contributed by atoms with Gasteiger partial charge in [0.2, 0.25) is 0 Å². The van der Waals surface area contributed by atoms with Gasteiger partial charge >= 0.3 is 5.97 Å². The molecule has 0 atom stereocenters. The number of fused-ring (bicyclic) bond motifs is 1. The maximum Gasteiger partial charge on any atom is 0.340 e. The van der Waals surface area contributed by atoms with Gasteiger partial charge in [-0.2, -0.15) is 0 Å². The van der Waals surface area contributed by atoms with Crippen molar-refractivity contribution in [3.05, 3.63) is 65.7 Å². The number of hydrogen-bond donors (Lipinski definition) is 0. The molecule has 0 aliphatic carbocycles. The fourth-order valence-corrected chi connectivity index (χ4v) is 2.55. The van der Waals surface area contributed by atoms with Gasteiger partial charge in [0.05, 0.1) is 17.7 Å². The number of ether oxygens (including phenoxy) is 1. The smallest absolute Gasteiger partial charge is 0.340 e. The molecule has 1 aromatic carbocycles. The van der Waals surface area contributed by atoms with Crippen LogP contribution in [0.1, 0.15) is 27.6 Å². The van der Waals surface area contributed by atoms with Crippen LogP contribution in [0.25, 0.3) is 16.6 Å². The molecule has 2 aromatic heterocycles. The summed E-state index contributed by atoms with van der Waals surface area (Å²) >= 11 is 0. The van der Waals surface area contributed by atoms with Crippen molar-refractivity contribution < 1.29 is 18.7 Å². The largest absolute Gasteiger partial charge is 0.462 e. The lowest BCUT2D eigenvalue weighted by Crippen LogP contribution is -2.04. The summed E-state index contributed by atoms with van der Waals surface area (Å²) in [7, 11) is 0. The highest BCUT2D eigenvalue weighted by Crippen LogP contribution is 2.31. The molecule has 0 saturated carbocycles. The molecule has 3 aromatic rings. The van der Waals surface area contributed by atoms with E-state index in [0.29, 0.717) is 22.3 Å². The molecule has 23 heavy (non-hydrogen) atoms. The predicted molar refractivity (Wildman–Crippen MR) is 84.1 cm³/mol. The molecule has 3 rings (SSSR count). The van der Waals surface area contributed by atoms with Crippen molar-refractivity contribution in [2.45, 2.75) is 6.92 Å². The molecular weight excluding hydrogens is 297 g/mol. The van der Waals surface area contributed by atoms with E-state index in [9.17, 15) is 14.0 Å². The fourth-order valence-electron chi connectivity index (χ4n) is 2.55. The monoisotopic (exact) mass is 311 g/mol. The molecule has 0 unspecified atom stereocenters. The van der Waals surface area contributed by atoms with Crippen molar-refractivity contribution in [2.24, 2.45) is 0 Å². The molecule has 0 aliphatic heterocycles. The Morgan fingerprint density at radius 1 is 1.17 bits per heavy atom. The summed E-state index contributed by atoms with van der Waals surface area (Å²) in [6, 6.07) is 9.33. The Kier molecular flexibility index (Phi) is 3.93. The molecule has 0 fully saturated rings. The molecule has 0 bridgehead atoms. The van der Waals surface area contributed by atoms with Gasteiger partial charge in [-0.15, -0.1) is 0 Å². The Morgan fingerprint density at radius 3 is 2.57 bits per heavy atom. The Morgan fingerprint density at radius 2 is 1.91 bits per heavy atom. The van der Waals surface area contributed by atoms with Crippen molar-refractivity contribution in [2.75, 3.05) is 6.61 Å². The van der Waals surface area contributed by atoms with E-state index in [1.54, 1.807) is 48.0 Å². The average molecular weight is 311 g/mol. The van der Waals surface area contributed by atoms with Crippen LogP contribution in [0, 0.1) is 5.82 Å². The van der Waals surface area contributed by atoms with E-state index in [-0.39, 0.29) is 12.4 Å². The van der Waals surface area contributed by atoms with Gasteiger partial charge in [-0.25, -0.2) is 9.18 Å². The lowest BCUT2D eigenvalue weighted by molar-refractivity contribution is 0.0527. The maximum atomic E-state index is 13.2. The van der Waals surface area contributed by atoms with Crippen LogP contribution in [0.5, 0.6) is 0 Å². The number of carbonyl (C=O) groups excluding carboxylic acids is 2. The molecule has 5 heteroatoms. The van der Waals surface area contributed by atoms with Crippen LogP contribution in [0.3, 0.4) is 0 Å². The number of benzene rings is 1. The third-order valence-corrected chi connectivity index (χ3v) is 3.56. The zero-order chi connectivity index (χ0) is 16.4. The van der Waals surface area contributed by atoms with Gasteiger partial charge in [-0.3, -0.25) is 4.79 Å². The second-order valence-corrected chi connectivity index (χ2v) is 5.02. The number of rotatable bonds is 4. The number of esters is 1. The van der Waals surface area contributed by atoms with Crippen LogP contribution in [-0.2, 0) is 4.74 Å². The van der Waals surface area contributed by atoms with Crippen LogP contribution < -0.4 is 0 Å². The zero-order valence-electron chi connectivity index (χ0n) is 12.5. The van der Waals surface area contributed by atoms with Crippen LogP contribution in [-0.4, -0.2) is 23.3 Å². The van der Waals surface area contributed by atoms with Gasteiger partial charge in [-0.1, -0.05) is 12.1 Å². The minimum absolute atomic E-state index is 0.257. The Bertz CT molecular complexity index is 881. The normalized spacial score (nSPS) is 10.7. The molecule has 2 heterocycles. The highest BCUT2D eigenvalue weighted by atomic mass is 19.1. The number of pyridine rings is 1. The van der Waals surface area contributed by atoms with Gasteiger partial charge < -0.3 is 9.14 Å². The number of aldehydes is 1. The van der Waals surface area contributed by atoms with Crippen LogP contribution >= 0.6 is 0 Å². The minimum atomic E-state index is -0.455. The van der Waals surface area contributed by atoms with Crippen molar-refractivity contribution in [1.82, 2.24) is 4.40 Å². The molecule has 116 valence electrons. The highest BCUT2D eigenvalue weighted by molar-refractivity contribution is 6.03. The molecule has 0 spiro atoms. The predicted octanol–water partition coefficient (Wildman–Crippen LogP) is 3.73. The lowest BCUT2D eigenvalue weighted by atomic mass is 10.0. The van der Waals surface area contributed by atoms with Crippen molar-refractivity contribution >= 4 is 17.8 Å². The Balaban J connectivity index is 2.26. The molecule has 0 radical (unpaired) electrons. The van der Waals surface area contributed by atoms with Crippen LogP contribution in [0.2, 0.25) is 0 Å². The molecule has 0 saturated heterocycles. The van der Waals surface area contributed by atoms with Gasteiger partial charge in [0.15, 0.2) is 6.29 Å². The quantitative estimate of drug-likeness (QED) is 0.545. The van der Waals surface area contributed by atoms with E-state index < -0.39 is 5.97 Å². The van der Waals surface area contributed by atoms with E-state index in [4.69, 9.17) is 4.74 Å². The summed E-state index contributed by atoms with van der Waals surface area (Å²) in [4.78, 5) is 23.2. The van der Waals surface area contributed by atoms with Gasteiger partial charge in [0.1, 0.15) is 5.82 Å². The van der Waals surface area contributed by atoms with Crippen LogP contribution in [0.4, 0.5) is 4.39 Å². The topological polar surface area (TPSA) is 47.8 Å². The number of hydrogen-bond acceptors (Lipinski definition) is 3. The van der Waals surface area contributed by atoms with Gasteiger partial charge in [0.25, 0.3) is 0 Å². The Labute approximate surface area is 132 Å². The third kappa shape index (κ3) is 2.73. The van der Waals surface area contributed by atoms with Crippen molar-refractivity contribution in [3.63, 3.8) is 0 Å². The fraction of sp³-hybridized carbons (Fsp3) is 0.111. The molecule has 0 amide bonds. The second kappa shape index (κ2) is 6.04. The summed E-state index contributed by atoms with van der Waals surface area (Å²) in [5, 5.41) is 0. The first-order chi connectivity index (χ1) is 11.1. The Hall–Kier alpha value is -2.95. The zero-order valence-corrected chi connectivity index (χ0v) is 12.5. The summed E-state index contributed by atoms with van der Waals surface area (Å²) in [5.74, 6) is -0.804. The minimum Gasteiger partial charge on any atom is -0.462 e. The molecule has 0 aliphatic rings. The molecule has 4 nitrogen and oxygen atoms in total. The SMILES string of the molecule is CCOC(=O)c1cn2cc(C=O)ccc2c1-c1ccc(F)cc1. The van der Waals surface area contributed by atoms with Crippen LogP contribution in [0.15, 0.2) is 48.8 Å². The first kappa shape index (κ1) is 15.0. The van der Waals surface area contributed by atoms with E-state index in [0.717, 1.165) is 11.8 Å². The third-order valence-electron chi connectivity index (χ3n) is 3.56. The van der Waals surface area contributed by atoms with Crippen molar-refractivity contribution in [1.29, 1.82) is 0 Å². The average Bonchev–Trinajstić information content (AvgIpc) is 2.94. The van der Waals surface area contributed by atoms with E-state index in [2.05, 4.69) is 0 Å². The number of halogens is 1. The first-order valence-corrected chi connectivity index (χ1v) is 7.17. The number of carbonyl (C=O) groups is 2.